The van der Waals surface area contributed by atoms with Gasteiger partial charge in [-0.15, -0.1) is 11.8 Å². The zero-order valence-corrected chi connectivity index (χ0v) is 12.5. The maximum atomic E-state index is 12.4. The number of rotatable bonds is 3. The molecule has 1 heterocycles. The third-order valence-corrected chi connectivity index (χ3v) is 4.51. The van der Waals surface area contributed by atoms with E-state index in [0.29, 0.717) is 16.5 Å². The van der Waals surface area contributed by atoms with Crippen LogP contribution in [0.3, 0.4) is 0 Å². The van der Waals surface area contributed by atoms with Crippen molar-refractivity contribution in [1.29, 1.82) is 0 Å². The second-order valence-corrected chi connectivity index (χ2v) is 5.78. The van der Waals surface area contributed by atoms with Crippen LogP contribution in [0.15, 0.2) is 46.0 Å². The van der Waals surface area contributed by atoms with Gasteiger partial charge in [-0.25, -0.2) is 4.98 Å². The summed E-state index contributed by atoms with van der Waals surface area (Å²) in [5.41, 5.74) is 6.61. The highest BCUT2D eigenvalue weighted by Gasteiger charge is 2.30. The number of halogens is 4. The van der Waals surface area contributed by atoms with Crippen LogP contribution in [0, 0.1) is 0 Å². The van der Waals surface area contributed by atoms with E-state index in [-0.39, 0.29) is 0 Å². The molecule has 1 aromatic heterocycles. The fourth-order valence-corrected chi connectivity index (χ4v) is 2.92. The third-order valence-electron chi connectivity index (χ3n) is 2.55. The van der Waals surface area contributed by atoms with E-state index in [1.165, 1.54) is 17.8 Å². The number of aromatic nitrogens is 1. The maximum absolute atomic E-state index is 12.4. The molecule has 0 amide bonds. The molecule has 0 atom stereocenters. The zero-order valence-electron chi connectivity index (χ0n) is 10.1. The summed E-state index contributed by atoms with van der Waals surface area (Å²) in [4.78, 5) is 3.81. The summed E-state index contributed by atoms with van der Waals surface area (Å²) in [6.07, 6.45) is -3.51. The van der Waals surface area contributed by atoms with Crippen LogP contribution in [-0.2, 0) is 11.9 Å². The summed E-state index contributed by atoms with van der Waals surface area (Å²) in [7, 11) is 0. The summed E-state index contributed by atoms with van der Waals surface area (Å²) in [5.74, 6) is 0.573. The maximum Gasteiger partial charge on any atom is 0.417 e. The van der Waals surface area contributed by atoms with E-state index in [2.05, 4.69) is 20.9 Å². The molecule has 2 aromatic rings. The third kappa shape index (κ3) is 3.67. The number of pyridine rings is 1. The summed E-state index contributed by atoms with van der Waals surface area (Å²) in [6.45, 7) is 0. The number of anilines is 1. The van der Waals surface area contributed by atoms with Crippen molar-refractivity contribution < 1.29 is 13.2 Å². The van der Waals surface area contributed by atoms with Crippen molar-refractivity contribution in [3.8, 4) is 0 Å². The first-order valence-corrected chi connectivity index (χ1v) is 7.34. The Morgan fingerprint density at radius 2 is 1.95 bits per heavy atom. The number of hydrogen-bond acceptors (Lipinski definition) is 3. The Bertz CT molecular complexity index is 600. The number of thioether (sulfide) groups is 1. The van der Waals surface area contributed by atoms with Crippen molar-refractivity contribution >= 4 is 33.4 Å². The van der Waals surface area contributed by atoms with Gasteiger partial charge >= 0.3 is 6.18 Å². The first-order valence-electron chi connectivity index (χ1n) is 5.57. The molecule has 0 saturated heterocycles. The highest BCUT2D eigenvalue weighted by atomic mass is 79.9. The molecule has 106 valence electrons. The van der Waals surface area contributed by atoms with Crippen LogP contribution in [0.2, 0.25) is 0 Å². The SMILES string of the molecule is Nc1cccc(CSc2ccc(C(F)(F)F)cn2)c1Br. The molecule has 0 aliphatic rings. The molecule has 0 fully saturated rings. The Morgan fingerprint density at radius 3 is 2.55 bits per heavy atom. The summed E-state index contributed by atoms with van der Waals surface area (Å²) < 4.78 is 38.0. The van der Waals surface area contributed by atoms with Crippen LogP contribution in [0.25, 0.3) is 0 Å². The number of hydrogen-bond donors (Lipinski definition) is 1. The molecule has 0 aliphatic carbocycles. The predicted molar refractivity (Wildman–Crippen MR) is 77.4 cm³/mol. The lowest BCUT2D eigenvalue weighted by atomic mass is 10.2. The van der Waals surface area contributed by atoms with Crippen molar-refractivity contribution in [2.75, 3.05) is 5.73 Å². The summed E-state index contributed by atoms with van der Waals surface area (Å²) >= 11 is 4.74. The molecular formula is C13H10BrF3N2S. The van der Waals surface area contributed by atoms with Gasteiger partial charge in [0.25, 0.3) is 0 Å². The minimum atomic E-state index is -4.35. The molecule has 1 aromatic carbocycles. The minimum Gasteiger partial charge on any atom is -0.398 e. The van der Waals surface area contributed by atoms with Gasteiger partial charge in [0.05, 0.1) is 10.6 Å². The van der Waals surface area contributed by atoms with E-state index in [1.54, 1.807) is 6.07 Å². The molecular weight excluding hydrogens is 353 g/mol. The molecule has 7 heteroatoms. The molecule has 0 bridgehead atoms. The first-order chi connectivity index (χ1) is 9.38. The van der Waals surface area contributed by atoms with Crippen molar-refractivity contribution in [2.24, 2.45) is 0 Å². The molecule has 0 aliphatic heterocycles. The van der Waals surface area contributed by atoms with Gasteiger partial charge in [-0.2, -0.15) is 13.2 Å². The molecule has 2 nitrogen and oxygen atoms in total. The Morgan fingerprint density at radius 1 is 1.20 bits per heavy atom. The van der Waals surface area contributed by atoms with Gasteiger partial charge in [0.1, 0.15) is 0 Å². The largest absolute Gasteiger partial charge is 0.417 e. The lowest BCUT2D eigenvalue weighted by Gasteiger charge is -2.08. The highest BCUT2D eigenvalue weighted by Crippen LogP contribution is 2.32. The Labute approximate surface area is 126 Å². The fraction of sp³-hybridized carbons (Fsp3) is 0.154. The van der Waals surface area contributed by atoms with Crippen LogP contribution >= 0.6 is 27.7 Å². The van der Waals surface area contributed by atoms with Gasteiger partial charge in [-0.3, -0.25) is 0 Å². The Hall–Kier alpha value is -1.21. The lowest BCUT2D eigenvalue weighted by molar-refractivity contribution is -0.137. The highest BCUT2D eigenvalue weighted by molar-refractivity contribution is 9.10. The number of nitrogens with zero attached hydrogens (tertiary/aromatic N) is 1. The topological polar surface area (TPSA) is 38.9 Å². The van der Waals surface area contributed by atoms with Gasteiger partial charge < -0.3 is 5.73 Å². The zero-order chi connectivity index (χ0) is 14.8. The Balaban J connectivity index is 2.06. The smallest absolute Gasteiger partial charge is 0.398 e. The number of benzene rings is 1. The predicted octanol–water partition coefficient (Wildman–Crippen LogP) is 4.74. The molecule has 0 spiro atoms. The van der Waals surface area contributed by atoms with Crippen LogP contribution < -0.4 is 5.73 Å². The van der Waals surface area contributed by atoms with Gasteiger partial charge in [0, 0.05) is 22.1 Å². The summed E-state index contributed by atoms with van der Waals surface area (Å²) in [5, 5.41) is 0.535. The van der Waals surface area contributed by atoms with E-state index in [9.17, 15) is 13.2 Å². The van der Waals surface area contributed by atoms with Crippen molar-refractivity contribution in [3.05, 3.63) is 52.1 Å². The standard InChI is InChI=1S/C13H10BrF3N2S/c14-12-8(2-1-3-10(12)18)7-20-11-5-4-9(6-19-11)13(15,16)17/h1-6H,7,18H2. The van der Waals surface area contributed by atoms with E-state index in [0.717, 1.165) is 22.3 Å². The van der Waals surface area contributed by atoms with Crippen molar-refractivity contribution in [3.63, 3.8) is 0 Å². The van der Waals surface area contributed by atoms with Gasteiger partial charge in [-0.1, -0.05) is 12.1 Å². The first kappa shape index (κ1) is 15.2. The lowest BCUT2D eigenvalue weighted by Crippen LogP contribution is -2.05. The van der Waals surface area contributed by atoms with E-state index in [1.807, 2.05) is 12.1 Å². The van der Waals surface area contributed by atoms with Crippen LogP contribution in [0.1, 0.15) is 11.1 Å². The van der Waals surface area contributed by atoms with Gasteiger partial charge in [-0.05, 0) is 39.7 Å². The minimum absolute atomic E-state index is 0.535. The van der Waals surface area contributed by atoms with Crippen LogP contribution in [-0.4, -0.2) is 4.98 Å². The van der Waals surface area contributed by atoms with Crippen molar-refractivity contribution in [1.82, 2.24) is 4.98 Å². The molecule has 2 N–H and O–H groups in total. The second kappa shape index (κ2) is 6.05. The van der Waals surface area contributed by atoms with E-state index in [4.69, 9.17) is 5.73 Å². The quantitative estimate of drug-likeness (QED) is 0.633. The molecule has 2 rings (SSSR count). The van der Waals surface area contributed by atoms with Gasteiger partial charge in [0.15, 0.2) is 0 Å². The summed E-state index contributed by atoms with van der Waals surface area (Å²) in [6, 6.07) is 7.90. The molecule has 20 heavy (non-hydrogen) atoms. The monoisotopic (exact) mass is 362 g/mol. The Kier molecular flexibility index (Phi) is 4.59. The number of nitrogens with two attached hydrogens (primary N) is 1. The molecule has 0 saturated carbocycles. The average Bonchev–Trinajstić information content (AvgIpc) is 2.40. The molecule has 0 radical (unpaired) electrons. The fourth-order valence-electron chi connectivity index (χ4n) is 1.50. The van der Waals surface area contributed by atoms with Gasteiger partial charge in [0.2, 0.25) is 0 Å². The van der Waals surface area contributed by atoms with Crippen molar-refractivity contribution in [2.45, 2.75) is 17.0 Å². The van der Waals surface area contributed by atoms with Crippen LogP contribution in [0.5, 0.6) is 0 Å². The molecule has 0 unspecified atom stereocenters. The number of alkyl halides is 3. The second-order valence-electron chi connectivity index (χ2n) is 3.99. The average molecular weight is 363 g/mol. The van der Waals surface area contributed by atoms with Crippen LogP contribution in [0.4, 0.5) is 18.9 Å². The van der Waals surface area contributed by atoms with E-state index >= 15 is 0 Å². The van der Waals surface area contributed by atoms with E-state index < -0.39 is 11.7 Å². The normalized spacial score (nSPS) is 11.6. The number of nitrogen functional groups attached to an aromatic ring is 1.